The molecule has 3 atom stereocenters. The van der Waals surface area contributed by atoms with Gasteiger partial charge in [0.1, 0.15) is 0 Å². The van der Waals surface area contributed by atoms with Crippen LogP contribution in [0.15, 0.2) is 24.3 Å². The highest BCUT2D eigenvalue weighted by molar-refractivity contribution is 5.94. The third kappa shape index (κ3) is 4.87. The van der Waals surface area contributed by atoms with Crippen LogP contribution in [0.25, 0.3) is 0 Å². The number of ether oxygens (including phenoxy) is 1. The van der Waals surface area contributed by atoms with Gasteiger partial charge >= 0.3 is 0 Å². The zero-order valence-corrected chi connectivity index (χ0v) is 16.9. The van der Waals surface area contributed by atoms with Gasteiger partial charge in [-0.3, -0.25) is 14.5 Å². The number of nitrogens with zero attached hydrogens (tertiary/aromatic N) is 3. The Morgan fingerprint density at radius 2 is 1.63 bits per heavy atom. The molecule has 0 unspecified atom stereocenters. The highest BCUT2D eigenvalue weighted by atomic mass is 16.5. The molecule has 0 saturated carbocycles. The van der Waals surface area contributed by atoms with E-state index in [2.05, 4.69) is 30.9 Å². The molecule has 6 nitrogen and oxygen atoms in total. The summed E-state index contributed by atoms with van der Waals surface area (Å²) in [6, 6.07) is 7.98. The molecule has 0 bridgehead atoms. The lowest BCUT2D eigenvalue weighted by Crippen LogP contribution is -2.55. The molecule has 2 aliphatic heterocycles. The van der Waals surface area contributed by atoms with Crippen molar-refractivity contribution in [3.8, 4) is 0 Å². The molecule has 0 spiro atoms. The highest BCUT2D eigenvalue weighted by Gasteiger charge is 2.29. The van der Waals surface area contributed by atoms with Gasteiger partial charge in [0.2, 0.25) is 5.91 Å². The first-order chi connectivity index (χ1) is 12.8. The Balaban J connectivity index is 1.60. The van der Waals surface area contributed by atoms with Gasteiger partial charge in [0.15, 0.2) is 0 Å². The lowest BCUT2D eigenvalue weighted by Gasteiger charge is -2.39. The van der Waals surface area contributed by atoms with E-state index < -0.39 is 0 Å². The number of piperazine rings is 1. The van der Waals surface area contributed by atoms with Gasteiger partial charge in [-0.2, -0.15) is 0 Å². The lowest BCUT2D eigenvalue weighted by atomic mass is 10.1. The van der Waals surface area contributed by atoms with Gasteiger partial charge in [0.05, 0.1) is 12.2 Å². The Morgan fingerprint density at radius 3 is 2.19 bits per heavy atom. The van der Waals surface area contributed by atoms with Crippen molar-refractivity contribution in [3.63, 3.8) is 0 Å². The van der Waals surface area contributed by atoms with Crippen molar-refractivity contribution >= 4 is 11.8 Å². The van der Waals surface area contributed by atoms with Crippen molar-refractivity contribution in [2.75, 3.05) is 32.7 Å². The molecule has 1 aromatic carbocycles. The molecule has 2 amide bonds. The van der Waals surface area contributed by atoms with Crippen LogP contribution in [0.1, 0.15) is 43.6 Å². The second-order valence-corrected chi connectivity index (χ2v) is 7.96. The van der Waals surface area contributed by atoms with Gasteiger partial charge in [-0.1, -0.05) is 12.1 Å². The van der Waals surface area contributed by atoms with E-state index in [0.29, 0.717) is 25.2 Å². The smallest absolute Gasteiger partial charge is 0.254 e. The number of morpholine rings is 1. The van der Waals surface area contributed by atoms with E-state index in [9.17, 15) is 9.59 Å². The first kappa shape index (κ1) is 19.8. The van der Waals surface area contributed by atoms with Crippen LogP contribution in [0.2, 0.25) is 0 Å². The predicted octanol–water partition coefficient (Wildman–Crippen LogP) is 1.99. The van der Waals surface area contributed by atoms with Crippen LogP contribution in [-0.4, -0.2) is 77.5 Å². The Hall–Kier alpha value is -1.92. The maximum absolute atomic E-state index is 12.9. The quantitative estimate of drug-likeness (QED) is 0.813. The minimum atomic E-state index is 0.0335. The molecule has 6 heteroatoms. The van der Waals surface area contributed by atoms with Gasteiger partial charge in [0, 0.05) is 57.8 Å². The van der Waals surface area contributed by atoms with Gasteiger partial charge in [-0.15, -0.1) is 0 Å². The van der Waals surface area contributed by atoms with Crippen molar-refractivity contribution in [3.05, 3.63) is 35.4 Å². The fraction of sp³-hybridized carbons (Fsp3) is 0.619. The Bertz CT molecular complexity index is 666. The normalized spacial score (nSPS) is 26.9. The summed E-state index contributed by atoms with van der Waals surface area (Å²) in [6.07, 6.45) is 0.509. The average Bonchev–Trinajstić information content (AvgIpc) is 2.60. The number of rotatable bonds is 3. The second kappa shape index (κ2) is 8.40. The summed E-state index contributed by atoms with van der Waals surface area (Å²) < 4.78 is 5.79. The van der Waals surface area contributed by atoms with E-state index >= 15 is 0 Å². The van der Waals surface area contributed by atoms with Crippen molar-refractivity contribution in [2.45, 2.75) is 52.5 Å². The summed E-state index contributed by atoms with van der Waals surface area (Å²) >= 11 is 0. The van der Waals surface area contributed by atoms with E-state index in [4.69, 9.17) is 4.74 Å². The number of benzene rings is 1. The molecule has 3 rings (SSSR count). The monoisotopic (exact) mass is 373 g/mol. The number of amides is 2. The summed E-state index contributed by atoms with van der Waals surface area (Å²) in [5, 5.41) is 0. The van der Waals surface area contributed by atoms with Crippen molar-refractivity contribution < 1.29 is 14.3 Å². The fourth-order valence-corrected chi connectivity index (χ4v) is 4.14. The molecule has 0 radical (unpaired) electrons. The number of hydrogen-bond donors (Lipinski definition) is 0. The first-order valence-electron chi connectivity index (χ1n) is 9.86. The fourth-order valence-electron chi connectivity index (χ4n) is 4.14. The largest absolute Gasteiger partial charge is 0.373 e. The van der Waals surface area contributed by atoms with E-state index in [0.717, 1.165) is 19.6 Å². The van der Waals surface area contributed by atoms with Crippen LogP contribution in [0, 0.1) is 0 Å². The van der Waals surface area contributed by atoms with E-state index in [1.165, 1.54) is 5.56 Å². The zero-order chi connectivity index (χ0) is 19.6. The molecular formula is C21H31N3O3. The predicted molar refractivity (Wildman–Crippen MR) is 104 cm³/mol. The Labute approximate surface area is 162 Å². The van der Waals surface area contributed by atoms with Gasteiger partial charge in [-0.25, -0.2) is 0 Å². The van der Waals surface area contributed by atoms with Crippen molar-refractivity contribution in [1.82, 2.24) is 14.7 Å². The molecule has 148 valence electrons. The minimum absolute atomic E-state index is 0.0335. The van der Waals surface area contributed by atoms with Crippen LogP contribution in [-0.2, 0) is 16.1 Å². The summed E-state index contributed by atoms with van der Waals surface area (Å²) in [6.45, 7) is 12.3. The maximum Gasteiger partial charge on any atom is 0.254 e. The summed E-state index contributed by atoms with van der Waals surface area (Å²) in [4.78, 5) is 30.5. The van der Waals surface area contributed by atoms with Crippen LogP contribution < -0.4 is 0 Å². The van der Waals surface area contributed by atoms with Crippen molar-refractivity contribution in [1.29, 1.82) is 0 Å². The Kier molecular flexibility index (Phi) is 6.17. The highest BCUT2D eigenvalue weighted by Crippen LogP contribution is 2.17. The topological polar surface area (TPSA) is 53.1 Å². The number of carbonyl (C=O) groups is 2. The minimum Gasteiger partial charge on any atom is -0.373 e. The lowest BCUT2D eigenvalue weighted by molar-refractivity contribution is -0.131. The summed E-state index contributed by atoms with van der Waals surface area (Å²) in [5.74, 6) is 0.121. The molecule has 0 aromatic heterocycles. The second-order valence-electron chi connectivity index (χ2n) is 7.96. The van der Waals surface area contributed by atoms with E-state index in [-0.39, 0.29) is 30.1 Å². The van der Waals surface area contributed by atoms with E-state index in [1.807, 2.05) is 28.9 Å². The third-order valence-corrected chi connectivity index (χ3v) is 5.44. The molecule has 2 fully saturated rings. The van der Waals surface area contributed by atoms with Crippen molar-refractivity contribution in [2.24, 2.45) is 0 Å². The van der Waals surface area contributed by atoms with Crippen LogP contribution >= 0.6 is 0 Å². The molecule has 2 heterocycles. The molecule has 0 aliphatic carbocycles. The first-order valence-corrected chi connectivity index (χ1v) is 9.86. The molecule has 2 saturated heterocycles. The van der Waals surface area contributed by atoms with Gasteiger partial charge < -0.3 is 14.5 Å². The third-order valence-electron chi connectivity index (χ3n) is 5.44. The molecule has 0 N–H and O–H groups in total. The number of carbonyl (C=O) groups excluding carboxylic acids is 2. The summed E-state index contributed by atoms with van der Waals surface area (Å²) in [7, 11) is 0. The average molecular weight is 373 g/mol. The standard InChI is InChI=1S/C21H31N3O3/c1-15-11-23(18(4)25)9-10-24(15)21(26)20-7-5-19(6-8-20)14-22-12-16(2)27-17(3)13-22/h5-8,15-17H,9-14H2,1-4H3/t15-,16-,17+/m0/s1. The van der Waals surface area contributed by atoms with Crippen LogP contribution in [0.4, 0.5) is 0 Å². The maximum atomic E-state index is 12.9. The molecular weight excluding hydrogens is 342 g/mol. The molecule has 1 aromatic rings. The SMILES string of the molecule is CC(=O)N1CCN(C(=O)c2ccc(CN3C[C@@H](C)O[C@@H](C)C3)cc2)[C@@H](C)C1. The molecule has 2 aliphatic rings. The number of hydrogen-bond acceptors (Lipinski definition) is 4. The van der Waals surface area contributed by atoms with Crippen LogP contribution in [0.3, 0.4) is 0 Å². The van der Waals surface area contributed by atoms with Crippen LogP contribution in [0.5, 0.6) is 0 Å². The van der Waals surface area contributed by atoms with Gasteiger partial charge in [0.25, 0.3) is 5.91 Å². The van der Waals surface area contributed by atoms with Gasteiger partial charge in [-0.05, 0) is 38.5 Å². The zero-order valence-electron chi connectivity index (χ0n) is 16.9. The molecule has 27 heavy (non-hydrogen) atoms. The van der Waals surface area contributed by atoms with E-state index in [1.54, 1.807) is 6.92 Å². The summed E-state index contributed by atoms with van der Waals surface area (Å²) in [5.41, 5.74) is 1.92. The Morgan fingerprint density at radius 1 is 1.00 bits per heavy atom.